The molecular weight excluding hydrogens is 330 g/mol. The average molecular weight is 364 g/mol. The molecule has 5 aliphatic carbocycles. The number of carbonyl (C=O) groups is 1. The number of ketones is 1. The Kier molecular flexibility index (Phi) is 3.82. The highest BCUT2D eigenvalue weighted by atomic mass is 16.1. The molecule has 2 heteroatoms. The number of Topliss-reactive ketones (excluding diaryl/α,β-unsaturated/α-hetero) is 1. The van der Waals surface area contributed by atoms with E-state index in [1.807, 2.05) is 0 Å². The summed E-state index contributed by atoms with van der Waals surface area (Å²) in [5, 5.41) is 10.4. The van der Waals surface area contributed by atoms with E-state index < -0.39 is 0 Å². The van der Waals surface area contributed by atoms with Crippen LogP contribution in [0.1, 0.15) is 65.2 Å². The van der Waals surface area contributed by atoms with Crippen LogP contribution in [-0.4, -0.2) is 5.78 Å². The standard InChI is InChI=1S/C25H33NO/c1-4-15-11-16-12-17(27)7-8-18(16)19-9-10-24(5-2)23(22(15)19)20-13-21(20)25(24,6-3)14-26/h4,11,15,18-23H,1,5-10,12-13H2,2-3H3/t15-,18-,19+,20+,21-,22+,23-,24-,25-/m0/s1. The molecule has 0 spiro atoms. The summed E-state index contributed by atoms with van der Waals surface area (Å²) in [5.74, 6) is 4.89. The van der Waals surface area contributed by atoms with Gasteiger partial charge in [-0.25, -0.2) is 0 Å². The first-order valence-electron chi connectivity index (χ1n) is 11.3. The minimum Gasteiger partial charge on any atom is -0.299 e. The van der Waals surface area contributed by atoms with Crippen molar-refractivity contribution in [2.45, 2.75) is 65.2 Å². The highest BCUT2D eigenvalue weighted by Crippen LogP contribution is 2.80. The van der Waals surface area contributed by atoms with Crippen molar-refractivity contribution < 1.29 is 4.79 Å². The summed E-state index contributed by atoms with van der Waals surface area (Å²) in [7, 11) is 0. The van der Waals surface area contributed by atoms with Crippen LogP contribution < -0.4 is 0 Å². The van der Waals surface area contributed by atoms with Crippen molar-refractivity contribution in [1.29, 1.82) is 5.26 Å². The maximum atomic E-state index is 12.1. The molecule has 0 unspecified atom stereocenters. The largest absolute Gasteiger partial charge is 0.299 e. The molecule has 0 bridgehead atoms. The van der Waals surface area contributed by atoms with Crippen LogP contribution >= 0.6 is 0 Å². The van der Waals surface area contributed by atoms with Gasteiger partial charge in [-0.05, 0) is 85.4 Å². The Morgan fingerprint density at radius 2 is 2.11 bits per heavy atom. The van der Waals surface area contributed by atoms with E-state index in [2.05, 4.69) is 38.6 Å². The number of carbonyl (C=O) groups excluding carboxylic acids is 1. The second kappa shape index (κ2) is 5.82. The van der Waals surface area contributed by atoms with Crippen molar-refractivity contribution in [1.82, 2.24) is 0 Å². The molecule has 2 nitrogen and oxygen atoms in total. The fourth-order valence-electron chi connectivity index (χ4n) is 8.99. The van der Waals surface area contributed by atoms with Crippen molar-refractivity contribution in [2.75, 3.05) is 0 Å². The van der Waals surface area contributed by atoms with Gasteiger partial charge in [0.25, 0.3) is 0 Å². The number of nitrogens with zero attached hydrogens (tertiary/aromatic N) is 1. The zero-order valence-corrected chi connectivity index (χ0v) is 16.9. The Hall–Kier alpha value is -1.36. The molecule has 4 saturated carbocycles. The average Bonchev–Trinajstić information content (AvgIpc) is 3.44. The molecule has 0 aromatic carbocycles. The first-order valence-corrected chi connectivity index (χ1v) is 11.3. The third-order valence-electron chi connectivity index (χ3n) is 9.93. The van der Waals surface area contributed by atoms with Gasteiger partial charge in [-0.2, -0.15) is 5.26 Å². The van der Waals surface area contributed by atoms with Gasteiger partial charge in [-0.15, -0.1) is 6.58 Å². The number of allylic oxidation sites excluding steroid dienone is 3. The van der Waals surface area contributed by atoms with Gasteiger partial charge in [0.05, 0.1) is 11.5 Å². The van der Waals surface area contributed by atoms with Gasteiger partial charge in [-0.3, -0.25) is 4.79 Å². The molecule has 27 heavy (non-hydrogen) atoms. The quantitative estimate of drug-likeness (QED) is 0.603. The van der Waals surface area contributed by atoms with Gasteiger partial charge in [0.15, 0.2) is 0 Å². The monoisotopic (exact) mass is 363 g/mol. The van der Waals surface area contributed by atoms with Crippen LogP contribution in [0, 0.1) is 63.6 Å². The highest BCUT2D eigenvalue weighted by molar-refractivity contribution is 5.82. The summed E-state index contributed by atoms with van der Waals surface area (Å²) >= 11 is 0. The fraction of sp³-hybridized carbons (Fsp3) is 0.760. The van der Waals surface area contributed by atoms with Crippen LogP contribution in [0.15, 0.2) is 24.3 Å². The smallest absolute Gasteiger partial charge is 0.136 e. The predicted molar refractivity (Wildman–Crippen MR) is 106 cm³/mol. The molecule has 4 fully saturated rings. The van der Waals surface area contributed by atoms with Crippen LogP contribution in [0.25, 0.3) is 0 Å². The van der Waals surface area contributed by atoms with E-state index in [4.69, 9.17) is 0 Å². The maximum Gasteiger partial charge on any atom is 0.136 e. The SMILES string of the molecule is C=C[C@H]1C=C2CC(=O)CC[C@@H]2[C@H]2CC[C@@]3(CC)[C@@H]([C@@H]4C[C@@H]4[C@@]3(C#N)CC)[C@H]12. The van der Waals surface area contributed by atoms with Gasteiger partial charge in [0.2, 0.25) is 0 Å². The maximum absolute atomic E-state index is 12.1. The Morgan fingerprint density at radius 1 is 1.30 bits per heavy atom. The molecule has 0 aliphatic heterocycles. The molecule has 0 heterocycles. The lowest BCUT2D eigenvalue weighted by Gasteiger charge is -2.59. The molecular formula is C25H33NO. The van der Waals surface area contributed by atoms with E-state index in [1.54, 1.807) is 0 Å². The number of rotatable bonds is 3. The van der Waals surface area contributed by atoms with Crippen molar-refractivity contribution >= 4 is 5.78 Å². The lowest BCUT2D eigenvalue weighted by Crippen LogP contribution is -2.54. The van der Waals surface area contributed by atoms with Crippen LogP contribution in [0.5, 0.6) is 0 Å². The first kappa shape index (κ1) is 17.7. The zero-order chi connectivity index (χ0) is 19.0. The van der Waals surface area contributed by atoms with E-state index in [9.17, 15) is 10.1 Å². The number of hydrogen-bond acceptors (Lipinski definition) is 2. The third-order valence-corrected chi connectivity index (χ3v) is 9.93. The van der Waals surface area contributed by atoms with Crippen molar-refractivity contribution in [3.8, 4) is 6.07 Å². The van der Waals surface area contributed by atoms with Gasteiger partial charge in [0, 0.05) is 12.8 Å². The van der Waals surface area contributed by atoms with Gasteiger partial charge in [0.1, 0.15) is 5.78 Å². The van der Waals surface area contributed by atoms with E-state index in [-0.39, 0.29) is 10.8 Å². The summed E-state index contributed by atoms with van der Waals surface area (Å²) in [4.78, 5) is 12.1. The Morgan fingerprint density at radius 3 is 2.78 bits per heavy atom. The number of nitriles is 1. The normalized spacial score (nSPS) is 52.6. The zero-order valence-electron chi connectivity index (χ0n) is 16.9. The second-order valence-electron chi connectivity index (χ2n) is 10.2. The lowest BCUT2D eigenvalue weighted by atomic mass is 9.44. The van der Waals surface area contributed by atoms with Gasteiger partial charge in [-0.1, -0.05) is 31.6 Å². The summed E-state index contributed by atoms with van der Waals surface area (Å²) in [5.41, 5.74) is 1.54. The molecule has 5 aliphatic rings. The summed E-state index contributed by atoms with van der Waals surface area (Å²) < 4.78 is 0. The Labute approximate surface area is 164 Å². The molecule has 5 rings (SSSR count). The molecule has 0 N–H and O–H groups in total. The van der Waals surface area contributed by atoms with E-state index in [0.717, 1.165) is 31.6 Å². The summed E-state index contributed by atoms with van der Waals surface area (Å²) in [6.45, 7) is 8.83. The van der Waals surface area contributed by atoms with Crippen molar-refractivity contribution in [3.05, 3.63) is 24.3 Å². The van der Waals surface area contributed by atoms with E-state index >= 15 is 0 Å². The molecule has 0 aromatic heterocycles. The van der Waals surface area contributed by atoms with Crippen molar-refractivity contribution in [2.24, 2.45) is 52.3 Å². The molecule has 0 radical (unpaired) electrons. The fourth-order valence-corrected chi connectivity index (χ4v) is 8.99. The minimum atomic E-state index is -0.0969. The van der Waals surface area contributed by atoms with Crippen LogP contribution in [0.2, 0.25) is 0 Å². The summed E-state index contributed by atoms with van der Waals surface area (Å²) in [6, 6.07) is 2.91. The number of fused-ring (bicyclic) bond motifs is 7. The topological polar surface area (TPSA) is 40.9 Å². The van der Waals surface area contributed by atoms with E-state index in [0.29, 0.717) is 47.7 Å². The third kappa shape index (κ3) is 1.99. The number of hydrogen-bond donors (Lipinski definition) is 0. The lowest BCUT2D eigenvalue weighted by molar-refractivity contribution is -0.121. The van der Waals surface area contributed by atoms with Gasteiger partial charge >= 0.3 is 0 Å². The minimum absolute atomic E-state index is 0.0969. The first-order chi connectivity index (χ1) is 13.1. The van der Waals surface area contributed by atoms with Crippen molar-refractivity contribution in [3.63, 3.8) is 0 Å². The van der Waals surface area contributed by atoms with Gasteiger partial charge < -0.3 is 0 Å². The molecule has 9 atom stereocenters. The second-order valence-corrected chi connectivity index (χ2v) is 10.2. The van der Waals surface area contributed by atoms with Crippen LogP contribution in [0.3, 0.4) is 0 Å². The molecule has 0 amide bonds. The summed E-state index contributed by atoms with van der Waals surface area (Å²) in [6.07, 6.45) is 13.1. The highest BCUT2D eigenvalue weighted by Gasteiger charge is 2.76. The molecule has 0 saturated heterocycles. The Bertz CT molecular complexity index is 759. The van der Waals surface area contributed by atoms with Crippen LogP contribution in [0.4, 0.5) is 0 Å². The van der Waals surface area contributed by atoms with E-state index in [1.165, 1.54) is 24.8 Å². The Balaban J connectivity index is 1.61. The molecule has 144 valence electrons. The van der Waals surface area contributed by atoms with Crippen LogP contribution in [-0.2, 0) is 4.79 Å². The predicted octanol–water partition coefficient (Wildman–Crippen LogP) is 5.71. The molecule has 0 aromatic rings.